The number of rotatable bonds is 2. The molecule has 0 bridgehead atoms. The molecule has 0 aliphatic heterocycles. The van der Waals surface area contributed by atoms with E-state index in [0.717, 1.165) is 31.3 Å². The zero-order valence-electron chi connectivity index (χ0n) is 8.66. The summed E-state index contributed by atoms with van der Waals surface area (Å²) in [6.45, 7) is 1.74. The number of hydrogen-bond acceptors (Lipinski definition) is 3. The van der Waals surface area contributed by atoms with E-state index < -0.39 is 0 Å². The highest BCUT2D eigenvalue weighted by Crippen LogP contribution is 2.17. The quantitative estimate of drug-likeness (QED) is 0.543. The molecule has 0 heterocycles. The number of carbonyl (C=O) groups excluding carboxylic acids is 1. The van der Waals surface area contributed by atoms with Crippen LogP contribution < -0.4 is 0 Å². The number of allylic oxidation sites excluding steroid dienone is 1. The average Bonchev–Trinajstić information content (AvgIpc) is 2.08. The van der Waals surface area contributed by atoms with E-state index in [4.69, 9.17) is 4.74 Å². The summed E-state index contributed by atoms with van der Waals surface area (Å²) in [7, 11) is 0. The summed E-state index contributed by atoms with van der Waals surface area (Å²) in [6.07, 6.45) is 6.55. The molecule has 3 nitrogen and oxygen atoms in total. The highest BCUT2D eigenvalue weighted by atomic mass is 16.5. The Morgan fingerprint density at radius 2 is 2.43 bits per heavy atom. The maximum absolute atomic E-state index is 10.6. The van der Waals surface area contributed by atoms with Gasteiger partial charge in [-0.3, -0.25) is 4.79 Å². The third kappa shape index (κ3) is 4.42. The Morgan fingerprint density at radius 3 is 3.14 bits per heavy atom. The lowest BCUT2D eigenvalue weighted by Gasteiger charge is -2.16. The molecular weight excluding hydrogens is 180 g/mol. The van der Waals surface area contributed by atoms with Crippen molar-refractivity contribution in [2.24, 2.45) is 0 Å². The molecular formula is C11H18O3. The van der Waals surface area contributed by atoms with Crippen molar-refractivity contribution in [3.8, 4) is 0 Å². The summed E-state index contributed by atoms with van der Waals surface area (Å²) in [4.78, 5) is 10.6. The Kier molecular flexibility index (Phi) is 4.66. The van der Waals surface area contributed by atoms with E-state index in [2.05, 4.69) is 6.08 Å². The van der Waals surface area contributed by atoms with Gasteiger partial charge in [0, 0.05) is 6.92 Å². The molecule has 0 aromatic carbocycles. The molecule has 0 aromatic heterocycles. The second kappa shape index (κ2) is 5.81. The Bertz CT molecular complexity index is 221. The Labute approximate surface area is 84.8 Å². The Morgan fingerprint density at radius 1 is 1.64 bits per heavy atom. The van der Waals surface area contributed by atoms with Crippen molar-refractivity contribution >= 4 is 5.97 Å². The fourth-order valence-electron chi connectivity index (χ4n) is 1.63. The smallest absolute Gasteiger partial charge is 0.302 e. The second-order valence-corrected chi connectivity index (χ2v) is 3.79. The molecule has 0 aromatic rings. The molecule has 0 spiro atoms. The molecule has 3 heteroatoms. The minimum absolute atomic E-state index is 0.262. The molecule has 0 saturated heterocycles. The third-order valence-electron chi connectivity index (χ3n) is 2.38. The molecule has 1 rings (SSSR count). The van der Waals surface area contributed by atoms with E-state index in [-0.39, 0.29) is 12.1 Å². The predicted octanol–water partition coefficient (Wildman–Crippen LogP) is 1.80. The fourth-order valence-corrected chi connectivity index (χ4v) is 1.63. The highest BCUT2D eigenvalue weighted by Gasteiger charge is 2.11. The van der Waals surface area contributed by atoms with Crippen LogP contribution >= 0.6 is 0 Å². The van der Waals surface area contributed by atoms with E-state index in [9.17, 15) is 9.90 Å². The van der Waals surface area contributed by atoms with Gasteiger partial charge in [0.05, 0.1) is 6.10 Å². The molecule has 1 unspecified atom stereocenters. The van der Waals surface area contributed by atoms with E-state index in [1.54, 1.807) is 0 Å². The van der Waals surface area contributed by atoms with Crippen LogP contribution in [0, 0.1) is 0 Å². The first-order chi connectivity index (χ1) is 6.68. The van der Waals surface area contributed by atoms with E-state index in [0.29, 0.717) is 13.0 Å². The van der Waals surface area contributed by atoms with E-state index >= 15 is 0 Å². The van der Waals surface area contributed by atoms with Gasteiger partial charge in [0.2, 0.25) is 0 Å². The van der Waals surface area contributed by atoms with Crippen molar-refractivity contribution < 1.29 is 14.6 Å². The Hall–Kier alpha value is -0.830. The standard InChI is InChI=1S/C11H18O3/c1-9(12)14-8-10-5-3-2-4-6-11(13)7-10/h5,11,13H,2-4,6-8H2,1H3. The van der Waals surface area contributed by atoms with Crippen LogP contribution in [0.15, 0.2) is 11.6 Å². The number of esters is 1. The Balaban J connectivity index is 2.42. The van der Waals surface area contributed by atoms with Crippen molar-refractivity contribution in [3.05, 3.63) is 11.6 Å². The third-order valence-corrected chi connectivity index (χ3v) is 2.38. The van der Waals surface area contributed by atoms with Crippen molar-refractivity contribution in [3.63, 3.8) is 0 Å². The number of aliphatic hydroxyl groups is 1. The largest absolute Gasteiger partial charge is 0.461 e. The highest BCUT2D eigenvalue weighted by molar-refractivity contribution is 5.66. The first kappa shape index (κ1) is 11.2. The lowest BCUT2D eigenvalue weighted by atomic mass is 9.98. The number of ether oxygens (including phenoxy) is 1. The van der Waals surface area contributed by atoms with Gasteiger partial charge in [0.25, 0.3) is 0 Å². The zero-order chi connectivity index (χ0) is 10.4. The van der Waals surface area contributed by atoms with Crippen LogP contribution in [0.4, 0.5) is 0 Å². The minimum atomic E-state index is -0.267. The fraction of sp³-hybridized carbons (Fsp3) is 0.727. The normalized spacial score (nSPS) is 23.3. The van der Waals surface area contributed by atoms with Crippen LogP contribution in [0.25, 0.3) is 0 Å². The molecule has 0 fully saturated rings. The van der Waals surface area contributed by atoms with Gasteiger partial charge in [0.15, 0.2) is 0 Å². The summed E-state index contributed by atoms with van der Waals surface area (Å²) in [6, 6.07) is 0. The number of carbonyl (C=O) groups is 1. The first-order valence-electron chi connectivity index (χ1n) is 5.18. The number of hydrogen-bond donors (Lipinski definition) is 1. The van der Waals surface area contributed by atoms with E-state index in [1.165, 1.54) is 6.92 Å². The van der Waals surface area contributed by atoms with Gasteiger partial charge in [-0.1, -0.05) is 12.5 Å². The van der Waals surface area contributed by atoms with Crippen LogP contribution in [0.5, 0.6) is 0 Å². The van der Waals surface area contributed by atoms with Crippen LogP contribution in [0.1, 0.15) is 39.0 Å². The van der Waals surface area contributed by atoms with Crippen molar-refractivity contribution in [2.75, 3.05) is 6.61 Å². The lowest BCUT2D eigenvalue weighted by molar-refractivity contribution is -0.140. The topological polar surface area (TPSA) is 46.5 Å². The van der Waals surface area contributed by atoms with Gasteiger partial charge in [-0.05, 0) is 31.3 Å². The molecule has 0 saturated carbocycles. The van der Waals surface area contributed by atoms with Crippen molar-refractivity contribution in [1.29, 1.82) is 0 Å². The van der Waals surface area contributed by atoms with Crippen LogP contribution in [0.2, 0.25) is 0 Å². The number of aliphatic hydroxyl groups excluding tert-OH is 1. The van der Waals surface area contributed by atoms with E-state index in [1.807, 2.05) is 0 Å². The van der Waals surface area contributed by atoms with Gasteiger partial charge in [0.1, 0.15) is 6.61 Å². The SMILES string of the molecule is CC(=O)OCC1=CCCCCC(O)C1. The first-order valence-corrected chi connectivity index (χ1v) is 5.18. The molecule has 1 N–H and O–H groups in total. The molecule has 1 aliphatic carbocycles. The lowest BCUT2D eigenvalue weighted by Crippen LogP contribution is -2.13. The van der Waals surface area contributed by atoms with Crippen LogP contribution in [-0.2, 0) is 9.53 Å². The van der Waals surface area contributed by atoms with Crippen molar-refractivity contribution in [2.45, 2.75) is 45.1 Å². The van der Waals surface area contributed by atoms with Crippen LogP contribution in [0.3, 0.4) is 0 Å². The molecule has 0 radical (unpaired) electrons. The summed E-state index contributed by atoms with van der Waals surface area (Å²) < 4.78 is 4.91. The second-order valence-electron chi connectivity index (χ2n) is 3.79. The maximum Gasteiger partial charge on any atom is 0.302 e. The summed E-state index contributed by atoms with van der Waals surface area (Å²) in [5, 5.41) is 9.57. The molecule has 80 valence electrons. The maximum atomic E-state index is 10.6. The van der Waals surface area contributed by atoms with Gasteiger partial charge in [-0.25, -0.2) is 0 Å². The minimum Gasteiger partial charge on any atom is -0.461 e. The van der Waals surface area contributed by atoms with Crippen molar-refractivity contribution in [1.82, 2.24) is 0 Å². The summed E-state index contributed by atoms with van der Waals surface area (Å²) in [5.41, 5.74) is 1.05. The monoisotopic (exact) mass is 198 g/mol. The average molecular weight is 198 g/mol. The molecule has 0 amide bonds. The van der Waals surface area contributed by atoms with Gasteiger partial charge < -0.3 is 9.84 Å². The van der Waals surface area contributed by atoms with Gasteiger partial charge in [-0.15, -0.1) is 0 Å². The molecule has 14 heavy (non-hydrogen) atoms. The predicted molar refractivity (Wildman–Crippen MR) is 53.8 cm³/mol. The zero-order valence-corrected chi connectivity index (χ0v) is 8.66. The molecule has 1 atom stereocenters. The van der Waals surface area contributed by atoms with Crippen LogP contribution in [-0.4, -0.2) is 23.8 Å². The summed E-state index contributed by atoms with van der Waals surface area (Å²) >= 11 is 0. The van der Waals surface area contributed by atoms with Gasteiger partial charge in [-0.2, -0.15) is 0 Å². The summed E-state index contributed by atoms with van der Waals surface area (Å²) in [5.74, 6) is -0.262. The van der Waals surface area contributed by atoms with Gasteiger partial charge >= 0.3 is 5.97 Å². The molecule has 1 aliphatic rings.